The Morgan fingerprint density at radius 3 is 1.13 bits per heavy atom. The largest absolute Gasteiger partial charge is 3.00 e. The van der Waals surface area contributed by atoms with Crippen LogP contribution >= 0.6 is 0 Å². The first-order valence-electron chi connectivity index (χ1n) is 16.1. The Bertz CT molecular complexity index is 3110. The number of azo groups is 2. The molecule has 8 N–H and O–H groups in total. The van der Waals surface area contributed by atoms with Crippen molar-refractivity contribution in [1.82, 2.24) is 19.6 Å². The van der Waals surface area contributed by atoms with Crippen molar-refractivity contribution in [3.63, 3.8) is 0 Å². The minimum Gasteiger partial charge on any atom is -0.871 e. The summed E-state index contributed by atoms with van der Waals surface area (Å²) in [6.45, 7) is 2.91. The van der Waals surface area contributed by atoms with Crippen molar-refractivity contribution in [1.29, 1.82) is 0 Å². The number of sulfonamides is 4. The first-order chi connectivity index (χ1) is 27.8. The smallest absolute Gasteiger partial charge is 0.871 e. The number of aromatic nitrogens is 4. The minimum atomic E-state index is -4.07. The van der Waals surface area contributed by atoms with Gasteiger partial charge in [0.15, 0.2) is 0 Å². The molecule has 6 rings (SSSR count). The van der Waals surface area contributed by atoms with Crippen molar-refractivity contribution in [3.05, 3.63) is 117 Å². The second-order valence-electron chi connectivity index (χ2n) is 12.1. The fourth-order valence-electron chi connectivity index (χ4n) is 4.87. The first-order valence-corrected chi connectivity index (χ1v) is 22.2. The molecular weight excluding hydrogens is 925 g/mol. The Kier molecular flexibility index (Phi) is 13.9. The van der Waals surface area contributed by atoms with Crippen LogP contribution in [-0.2, 0) is 57.5 Å². The summed E-state index contributed by atoms with van der Waals surface area (Å²) in [5.74, 6) is -1.27. The number of hydrogen-bond donors (Lipinski definition) is 4. The summed E-state index contributed by atoms with van der Waals surface area (Å²) >= 11 is 0. The molecule has 4 aromatic carbocycles. The van der Waals surface area contributed by atoms with E-state index in [0.717, 1.165) is 57.9 Å². The Balaban J connectivity index is 0.000000320. The van der Waals surface area contributed by atoms with Crippen LogP contribution in [0.5, 0.6) is 11.5 Å². The molecular formula is C32H29CrN12O12S4. The molecule has 0 aliphatic rings. The van der Waals surface area contributed by atoms with Gasteiger partial charge in [-0.25, -0.2) is 54.2 Å². The van der Waals surface area contributed by atoms with Crippen molar-refractivity contribution in [3.8, 4) is 22.9 Å². The topological polar surface area (TPSA) is 408 Å². The quantitative estimate of drug-likeness (QED) is 0.130. The predicted molar refractivity (Wildman–Crippen MR) is 207 cm³/mol. The van der Waals surface area contributed by atoms with Crippen LogP contribution in [0.3, 0.4) is 0 Å². The monoisotopic (exact) mass is 953 g/mol. The van der Waals surface area contributed by atoms with E-state index >= 15 is 0 Å². The Morgan fingerprint density at radius 1 is 0.508 bits per heavy atom. The number of nitrogens with zero attached hydrogens (tertiary/aromatic N) is 8. The third-order valence-corrected chi connectivity index (χ3v) is 11.4. The van der Waals surface area contributed by atoms with Gasteiger partial charge in [-0.1, -0.05) is 49.6 Å². The van der Waals surface area contributed by atoms with E-state index in [9.17, 15) is 53.5 Å². The van der Waals surface area contributed by atoms with Crippen LogP contribution in [0, 0.1) is 13.8 Å². The summed E-state index contributed by atoms with van der Waals surface area (Å²) < 4.78 is 93.6. The number of rotatable bonds is 10. The van der Waals surface area contributed by atoms with E-state index in [2.05, 4.69) is 30.7 Å². The van der Waals surface area contributed by atoms with E-state index in [1.807, 2.05) is 0 Å². The van der Waals surface area contributed by atoms with E-state index < -0.39 is 62.7 Å². The van der Waals surface area contributed by atoms with E-state index in [0.29, 0.717) is 0 Å². The third-order valence-electron chi connectivity index (χ3n) is 7.79. The Hall–Kier alpha value is -6.13. The van der Waals surface area contributed by atoms with Crippen LogP contribution in [-0.4, -0.2) is 43.0 Å². The molecule has 319 valence electrons. The average Bonchev–Trinajstić information content (AvgIpc) is 3.61. The maximum Gasteiger partial charge on any atom is 3.00 e. The second kappa shape index (κ2) is 17.8. The third kappa shape index (κ3) is 11.2. The number of hydrogen-bond acceptors (Lipinski definition) is 16. The molecule has 0 aliphatic heterocycles. The van der Waals surface area contributed by atoms with Gasteiger partial charge in [-0.3, -0.25) is 9.59 Å². The normalized spacial score (nSPS) is 12.3. The number of benzene rings is 4. The van der Waals surface area contributed by atoms with E-state index in [1.165, 1.54) is 50.2 Å². The summed E-state index contributed by atoms with van der Waals surface area (Å²) in [5.41, 5.74) is -2.09. The average molecular weight is 954 g/mol. The van der Waals surface area contributed by atoms with Crippen molar-refractivity contribution in [2.45, 2.75) is 33.4 Å². The molecule has 0 atom stereocenters. The van der Waals surface area contributed by atoms with Crippen LogP contribution in [0.25, 0.3) is 11.4 Å². The van der Waals surface area contributed by atoms with Gasteiger partial charge in [-0.2, -0.15) is 10.2 Å². The van der Waals surface area contributed by atoms with E-state index in [1.54, 1.807) is 0 Å². The summed E-state index contributed by atoms with van der Waals surface area (Å²) in [7, 11) is -16.1. The SMILES string of the molecule is Cc1[n-]n(-c2cccc(S(N)(=O)=O)c2)c(=O)c1N=Nc1cc(S(N)(=O)=O)ccc1[O-].Cc1[n-]n(-c2cccc(S(N)(=O)=O)c2)c(=O)c1N=Nc1cc(S(N)(=O)=O)ccc1[O-].[Cr+3].[H+]. The zero-order valence-electron chi connectivity index (χ0n) is 31.9. The first kappa shape index (κ1) is 47.5. The van der Waals surface area contributed by atoms with Crippen LogP contribution in [0.2, 0.25) is 0 Å². The van der Waals surface area contributed by atoms with Crippen LogP contribution in [0.1, 0.15) is 12.8 Å². The van der Waals surface area contributed by atoms with Crippen molar-refractivity contribution >= 4 is 62.8 Å². The predicted octanol–water partition coefficient (Wildman–Crippen LogP) is -0.116. The van der Waals surface area contributed by atoms with Crippen LogP contribution < -0.4 is 52.1 Å². The zero-order chi connectivity index (χ0) is 44.5. The molecule has 0 aliphatic carbocycles. The van der Waals surface area contributed by atoms with Gasteiger partial charge in [0.25, 0.3) is 11.1 Å². The Morgan fingerprint density at radius 2 is 0.820 bits per heavy atom. The molecule has 0 bridgehead atoms. The van der Waals surface area contributed by atoms with Gasteiger partial charge in [-0.15, -0.1) is 21.6 Å². The molecule has 2 heterocycles. The molecule has 0 unspecified atom stereocenters. The summed E-state index contributed by atoms with van der Waals surface area (Å²) in [6.07, 6.45) is 0. The number of aryl methyl sites for hydroxylation is 2. The summed E-state index contributed by atoms with van der Waals surface area (Å²) in [4.78, 5) is 24.2. The van der Waals surface area contributed by atoms with Gasteiger partial charge in [0.05, 0.1) is 31.0 Å². The van der Waals surface area contributed by atoms with Crippen molar-refractivity contribution in [2.75, 3.05) is 0 Å². The maximum absolute atomic E-state index is 12.7. The van der Waals surface area contributed by atoms with Crippen LogP contribution in [0.15, 0.2) is 135 Å². The van der Waals surface area contributed by atoms with Crippen molar-refractivity contribution < 1.29 is 62.7 Å². The molecule has 0 fully saturated rings. The van der Waals surface area contributed by atoms with Gasteiger partial charge in [0.2, 0.25) is 40.1 Å². The summed E-state index contributed by atoms with van der Waals surface area (Å²) in [5, 5.41) is 66.8. The second-order valence-corrected chi connectivity index (χ2v) is 18.4. The fraction of sp³-hybridized carbons (Fsp3) is 0.0625. The van der Waals surface area contributed by atoms with Gasteiger partial charge < -0.3 is 29.8 Å². The molecule has 1 radical (unpaired) electrons. The zero-order valence-corrected chi connectivity index (χ0v) is 35.5. The molecule has 0 saturated heterocycles. The number of nitrogens with two attached hydrogens (primary N) is 4. The molecule has 2 aromatic heterocycles. The van der Waals surface area contributed by atoms with Gasteiger partial charge in [0, 0.05) is 11.4 Å². The summed E-state index contributed by atoms with van der Waals surface area (Å²) in [6, 6.07) is 16.3. The standard InChI is InChI=1S/2C16H16N6O6S2.Cr/c2*1-9-15(20-19-13-8-12(30(18,27)28)5-6-14(13)23)16(24)22(21-9)10-3-2-4-11(7-10)29(17,25)26;/h2*2-8H,1H3,(H6,17,18,19,20,21,23,24,25,26,27,28);/q;;+3/p-3. The molecule has 0 spiro atoms. The molecule has 24 nitrogen and oxygen atoms in total. The Labute approximate surface area is 357 Å². The molecule has 61 heavy (non-hydrogen) atoms. The van der Waals surface area contributed by atoms with E-state index in [4.69, 9.17) is 20.6 Å². The molecule has 0 saturated carbocycles. The molecule has 0 amide bonds. The maximum atomic E-state index is 12.7. The van der Waals surface area contributed by atoms with E-state index in [-0.39, 0.29) is 83.9 Å². The fourth-order valence-corrected chi connectivity index (χ4v) is 7.05. The minimum absolute atomic E-state index is 0. The van der Waals surface area contributed by atoms with Gasteiger partial charge in [-0.05, 0) is 60.7 Å². The molecule has 6 aromatic rings. The van der Waals surface area contributed by atoms with Gasteiger partial charge >= 0.3 is 18.8 Å². The van der Waals surface area contributed by atoms with Gasteiger partial charge in [0.1, 0.15) is 11.4 Å². The van der Waals surface area contributed by atoms with Crippen molar-refractivity contribution in [2.24, 2.45) is 41.0 Å². The van der Waals surface area contributed by atoms with Crippen LogP contribution in [0.4, 0.5) is 22.7 Å². The molecule has 29 heteroatoms. The number of primary sulfonamides is 4.